The number of anilines is 1. The first kappa shape index (κ1) is 14.2. The number of aromatic nitrogens is 4. The number of aryl methyl sites for hydroxylation is 1. The SMILES string of the molecule is [2H]C([2H])([2H])N1CCN(CC(=O)Nc2cc3cc(-c4cnn(C)c4)cnc3cn2)CC1. The zero-order valence-corrected chi connectivity index (χ0v) is 15.1. The van der Waals surface area contributed by atoms with E-state index in [0.29, 0.717) is 32.0 Å². The minimum Gasteiger partial charge on any atom is -0.310 e. The first-order valence-corrected chi connectivity index (χ1v) is 8.80. The number of hydrogen-bond donors (Lipinski definition) is 1. The summed E-state index contributed by atoms with van der Waals surface area (Å²) in [5.41, 5.74) is 2.64. The Balaban J connectivity index is 1.40. The molecule has 8 heteroatoms. The van der Waals surface area contributed by atoms with E-state index in [0.717, 1.165) is 22.0 Å². The molecule has 1 fully saturated rings. The van der Waals surface area contributed by atoms with Crippen LogP contribution in [-0.4, -0.2) is 75.2 Å². The molecule has 1 aliphatic rings. The van der Waals surface area contributed by atoms with Crippen LogP contribution in [0.4, 0.5) is 5.82 Å². The number of hydrogen-bond acceptors (Lipinski definition) is 6. The number of carbonyl (C=O) groups is 1. The van der Waals surface area contributed by atoms with Crippen LogP contribution in [0.1, 0.15) is 4.11 Å². The van der Waals surface area contributed by atoms with E-state index in [-0.39, 0.29) is 12.5 Å². The Morgan fingerprint density at radius 1 is 1.15 bits per heavy atom. The fourth-order valence-electron chi connectivity index (χ4n) is 3.12. The summed E-state index contributed by atoms with van der Waals surface area (Å²) in [6, 6.07) is 3.79. The molecule has 0 radical (unpaired) electrons. The smallest absolute Gasteiger partial charge is 0.239 e. The van der Waals surface area contributed by atoms with Crippen LogP contribution in [0.15, 0.2) is 36.9 Å². The van der Waals surface area contributed by atoms with Crippen molar-refractivity contribution < 1.29 is 8.91 Å². The fraction of sp³-hybridized carbons (Fsp3) is 0.368. The third kappa shape index (κ3) is 4.12. The third-order valence-corrected chi connectivity index (χ3v) is 4.61. The Morgan fingerprint density at radius 3 is 2.74 bits per heavy atom. The summed E-state index contributed by atoms with van der Waals surface area (Å²) in [6.07, 6.45) is 7.10. The molecule has 0 atom stereocenters. The molecule has 0 aromatic carbocycles. The summed E-state index contributed by atoms with van der Waals surface area (Å²) in [7, 11) is 1.86. The minimum absolute atomic E-state index is 0.180. The van der Waals surface area contributed by atoms with E-state index in [1.54, 1.807) is 29.3 Å². The van der Waals surface area contributed by atoms with Gasteiger partial charge in [-0.15, -0.1) is 0 Å². The lowest BCUT2D eigenvalue weighted by molar-refractivity contribution is -0.117. The molecule has 1 saturated heterocycles. The van der Waals surface area contributed by atoms with Gasteiger partial charge in [0, 0.05) is 66.2 Å². The van der Waals surface area contributed by atoms with Crippen LogP contribution in [-0.2, 0) is 11.8 Å². The molecule has 3 aromatic rings. The molecule has 0 spiro atoms. The molecule has 0 saturated carbocycles. The second-order valence-electron chi connectivity index (χ2n) is 6.70. The van der Waals surface area contributed by atoms with Crippen molar-refractivity contribution in [1.29, 1.82) is 0 Å². The van der Waals surface area contributed by atoms with E-state index in [1.807, 2.05) is 24.2 Å². The van der Waals surface area contributed by atoms with Gasteiger partial charge in [0.25, 0.3) is 0 Å². The van der Waals surface area contributed by atoms with Gasteiger partial charge in [0.05, 0.1) is 24.5 Å². The topological polar surface area (TPSA) is 79.2 Å². The summed E-state index contributed by atoms with van der Waals surface area (Å²) < 4.78 is 24.1. The maximum Gasteiger partial charge on any atom is 0.239 e. The van der Waals surface area contributed by atoms with E-state index in [2.05, 4.69) is 20.4 Å². The van der Waals surface area contributed by atoms with Crippen LogP contribution >= 0.6 is 0 Å². The van der Waals surface area contributed by atoms with Gasteiger partial charge in [-0.05, 0) is 19.1 Å². The quantitative estimate of drug-likeness (QED) is 0.746. The number of nitrogens with one attached hydrogen (secondary N) is 1. The Hall–Kier alpha value is -2.84. The molecule has 140 valence electrons. The highest BCUT2D eigenvalue weighted by molar-refractivity contribution is 5.93. The molecule has 1 amide bonds. The lowest BCUT2D eigenvalue weighted by Crippen LogP contribution is -2.47. The molecular weight excluding hydrogens is 342 g/mol. The van der Waals surface area contributed by atoms with Gasteiger partial charge in [0.15, 0.2) is 0 Å². The number of amides is 1. The van der Waals surface area contributed by atoms with Gasteiger partial charge in [-0.3, -0.25) is 19.4 Å². The molecule has 3 aromatic heterocycles. The van der Waals surface area contributed by atoms with Gasteiger partial charge in [-0.2, -0.15) is 5.10 Å². The van der Waals surface area contributed by atoms with E-state index in [9.17, 15) is 4.79 Å². The largest absolute Gasteiger partial charge is 0.310 e. The van der Waals surface area contributed by atoms with Crippen molar-refractivity contribution in [2.45, 2.75) is 0 Å². The van der Waals surface area contributed by atoms with Crippen LogP contribution in [0.5, 0.6) is 0 Å². The highest BCUT2D eigenvalue weighted by atomic mass is 16.2. The standard InChI is InChI=1S/C19H23N7O/c1-24-3-5-26(6-4-24)13-19(27)23-18-8-14-7-15(9-20-17(14)11-21-18)16-10-22-25(2)12-16/h7-12H,3-6,13H2,1-2H3,(H,21,23,27)/i1D3. The number of nitrogens with zero attached hydrogens (tertiary/aromatic N) is 6. The zero-order chi connectivity index (χ0) is 21.3. The zero-order valence-electron chi connectivity index (χ0n) is 18.1. The summed E-state index contributed by atoms with van der Waals surface area (Å²) in [6.45, 7) is 0.0287. The molecule has 27 heavy (non-hydrogen) atoms. The van der Waals surface area contributed by atoms with Crippen molar-refractivity contribution in [2.24, 2.45) is 7.05 Å². The van der Waals surface area contributed by atoms with E-state index in [1.165, 1.54) is 4.90 Å². The normalized spacial score (nSPS) is 18.0. The van der Waals surface area contributed by atoms with Gasteiger partial charge >= 0.3 is 0 Å². The van der Waals surface area contributed by atoms with Gasteiger partial charge in [0.2, 0.25) is 5.91 Å². The van der Waals surface area contributed by atoms with Crippen molar-refractivity contribution >= 4 is 22.6 Å². The van der Waals surface area contributed by atoms with Crippen molar-refractivity contribution in [2.75, 3.05) is 45.0 Å². The minimum atomic E-state index is -2.08. The average molecular weight is 368 g/mol. The molecule has 4 rings (SSSR count). The first-order valence-electron chi connectivity index (χ1n) is 10.3. The third-order valence-electron chi connectivity index (χ3n) is 4.61. The van der Waals surface area contributed by atoms with Crippen molar-refractivity contribution in [3.8, 4) is 11.1 Å². The van der Waals surface area contributed by atoms with Crippen molar-refractivity contribution in [3.63, 3.8) is 0 Å². The first-order chi connectivity index (χ1) is 14.3. The van der Waals surface area contributed by atoms with Gasteiger partial charge in [-0.1, -0.05) is 0 Å². The monoisotopic (exact) mass is 368 g/mol. The van der Waals surface area contributed by atoms with Crippen LogP contribution in [0.25, 0.3) is 22.0 Å². The number of pyridine rings is 2. The molecule has 0 aliphatic carbocycles. The average Bonchev–Trinajstić information content (AvgIpc) is 3.13. The highest BCUT2D eigenvalue weighted by Gasteiger charge is 2.17. The Kier molecular flexibility index (Phi) is 3.91. The summed E-state index contributed by atoms with van der Waals surface area (Å²) >= 11 is 0. The van der Waals surface area contributed by atoms with E-state index >= 15 is 0 Å². The van der Waals surface area contributed by atoms with Crippen LogP contribution in [0.2, 0.25) is 0 Å². The molecule has 4 heterocycles. The lowest BCUT2D eigenvalue weighted by atomic mass is 10.1. The molecule has 8 nitrogen and oxygen atoms in total. The fourth-order valence-corrected chi connectivity index (χ4v) is 3.12. The van der Waals surface area contributed by atoms with Crippen LogP contribution in [0.3, 0.4) is 0 Å². The highest BCUT2D eigenvalue weighted by Crippen LogP contribution is 2.23. The van der Waals surface area contributed by atoms with Crippen LogP contribution < -0.4 is 5.32 Å². The second kappa shape index (κ2) is 7.42. The lowest BCUT2D eigenvalue weighted by Gasteiger charge is -2.31. The Labute approximate surface area is 162 Å². The number of fused-ring (bicyclic) bond motifs is 1. The number of piperazine rings is 1. The summed E-state index contributed by atoms with van der Waals surface area (Å²) in [5.74, 6) is 0.277. The molecule has 1 N–H and O–H groups in total. The number of carbonyl (C=O) groups excluding carboxylic acids is 1. The second-order valence-corrected chi connectivity index (χ2v) is 6.70. The van der Waals surface area contributed by atoms with Crippen molar-refractivity contribution in [1.82, 2.24) is 29.5 Å². The maximum absolute atomic E-state index is 12.4. The van der Waals surface area contributed by atoms with Crippen LogP contribution in [0, 0.1) is 0 Å². The molecule has 0 unspecified atom stereocenters. The van der Waals surface area contributed by atoms with E-state index < -0.39 is 6.98 Å². The number of likely N-dealkylation sites (N-methyl/N-ethyl adjacent to an activating group) is 1. The van der Waals surface area contributed by atoms with E-state index in [4.69, 9.17) is 4.11 Å². The van der Waals surface area contributed by atoms with Crippen molar-refractivity contribution in [3.05, 3.63) is 36.9 Å². The predicted octanol–water partition coefficient (Wildman–Crippen LogP) is 1.22. The van der Waals surface area contributed by atoms with Gasteiger partial charge < -0.3 is 10.2 Å². The Bertz CT molecular complexity index is 1060. The van der Waals surface area contributed by atoms with Gasteiger partial charge in [-0.25, -0.2) is 4.98 Å². The maximum atomic E-state index is 12.4. The van der Waals surface area contributed by atoms with Gasteiger partial charge in [0.1, 0.15) is 5.82 Å². The Morgan fingerprint density at radius 2 is 2.00 bits per heavy atom. The molecule has 0 bridgehead atoms. The summed E-state index contributed by atoms with van der Waals surface area (Å²) in [4.78, 5) is 24.6. The summed E-state index contributed by atoms with van der Waals surface area (Å²) in [5, 5.41) is 7.88. The molecule has 1 aliphatic heterocycles. The predicted molar refractivity (Wildman–Crippen MR) is 104 cm³/mol. The molecular formula is C19H23N7O. The number of rotatable bonds is 4.